The van der Waals surface area contributed by atoms with E-state index in [0.29, 0.717) is 11.3 Å². The summed E-state index contributed by atoms with van der Waals surface area (Å²) in [4.78, 5) is 22.1. The third-order valence-corrected chi connectivity index (χ3v) is 3.51. The fraction of sp³-hybridized carbons (Fsp3) is 0.214. The largest absolute Gasteiger partial charge is 0.292 e. The molecule has 1 aliphatic carbocycles. The molecule has 0 bridgehead atoms. The second kappa shape index (κ2) is 5.76. The maximum Gasteiger partial charge on any atom is 0.292 e. The Bertz CT molecular complexity index is 748. The molecule has 1 aromatic heterocycles. The number of non-ortho nitro benzene ring substituents is 1. The molecule has 0 unspecified atom stereocenters. The van der Waals surface area contributed by atoms with E-state index in [-0.39, 0.29) is 11.6 Å². The molecule has 0 spiro atoms. The number of fused-ring (bicyclic) bond motifs is 1. The number of carbonyl (C=O) groups is 1. The molecule has 1 aliphatic rings. The molecule has 1 heterocycles. The Morgan fingerprint density at radius 3 is 2.86 bits per heavy atom. The molecule has 22 heavy (non-hydrogen) atoms. The molecule has 0 radical (unpaired) electrons. The zero-order valence-electron chi connectivity index (χ0n) is 11.6. The van der Waals surface area contributed by atoms with Crippen LogP contribution in [0.2, 0.25) is 0 Å². The predicted octanol–water partition coefficient (Wildman–Crippen LogP) is 1.57. The molecule has 1 amide bonds. The maximum absolute atomic E-state index is 12.0. The van der Waals surface area contributed by atoms with Gasteiger partial charge in [-0.25, -0.2) is 5.43 Å². The Hall–Kier alpha value is -3.03. The lowest BCUT2D eigenvalue weighted by atomic mass is 10.2. The minimum atomic E-state index is -0.471. The fourth-order valence-corrected chi connectivity index (χ4v) is 2.41. The number of hydrazone groups is 1. The highest BCUT2D eigenvalue weighted by molar-refractivity contribution is 5.94. The number of rotatable bonds is 4. The number of nitro benzene ring substituents is 1. The normalized spacial score (nSPS) is 13.3. The van der Waals surface area contributed by atoms with Crippen LogP contribution in [-0.4, -0.2) is 27.2 Å². The Kier molecular flexibility index (Phi) is 3.65. The van der Waals surface area contributed by atoms with Crippen LogP contribution in [0, 0.1) is 10.1 Å². The average molecular weight is 299 g/mol. The summed E-state index contributed by atoms with van der Waals surface area (Å²) in [6.07, 6.45) is 4.22. The SMILES string of the molecule is O=C(NN=Cc1ccc([N+](=O)[O-])cc1)c1n[nH]c2c1CCC2. The molecular formula is C14H13N5O3. The first kappa shape index (κ1) is 13.9. The third kappa shape index (κ3) is 2.71. The predicted molar refractivity (Wildman–Crippen MR) is 78.8 cm³/mol. The van der Waals surface area contributed by atoms with Crippen molar-refractivity contribution in [2.75, 3.05) is 0 Å². The number of carbonyl (C=O) groups excluding carboxylic acids is 1. The van der Waals surface area contributed by atoms with Crippen LogP contribution in [0.4, 0.5) is 5.69 Å². The zero-order chi connectivity index (χ0) is 15.5. The number of amides is 1. The number of benzene rings is 1. The van der Waals surface area contributed by atoms with Crippen LogP contribution in [0.3, 0.4) is 0 Å². The first-order chi connectivity index (χ1) is 10.6. The van der Waals surface area contributed by atoms with Crippen LogP contribution < -0.4 is 5.43 Å². The molecule has 2 aromatic rings. The summed E-state index contributed by atoms with van der Waals surface area (Å²) < 4.78 is 0. The van der Waals surface area contributed by atoms with Crippen molar-refractivity contribution >= 4 is 17.8 Å². The number of hydrogen-bond donors (Lipinski definition) is 2. The lowest BCUT2D eigenvalue weighted by Gasteiger charge is -1.98. The quantitative estimate of drug-likeness (QED) is 0.506. The summed E-state index contributed by atoms with van der Waals surface area (Å²) in [5.74, 6) is -0.363. The van der Waals surface area contributed by atoms with Gasteiger partial charge in [-0.2, -0.15) is 10.2 Å². The molecule has 0 aliphatic heterocycles. The van der Waals surface area contributed by atoms with Crippen molar-refractivity contribution in [2.45, 2.75) is 19.3 Å². The van der Waals surface area contributed by atoms with Crippen molar-refractivity contribution in [1.29, 1.82) is 0 Å². The van der Waals surface area contributed by atoms with Gasteiger partial charge in [-0.3, -0.25) is 20.0 Å². The number of nitrogens with zero attached hydrogens (tertiary/aromatic N) is 3. The van der Waals surface area contributed by atoms with Crippen molar-refractivity contribution in [3.05, 3.63) is 56.9 Å². The van der Waals surface area contributed by atoms with E-state index in [9.17, 15) is 14.9 Å². The second-order valence-electron chi connectivity index (χ2n) is 4.93. The lowest BCUT2D eigenvalue weighted by Crippen LogP contribution is -2.19. The van der Waals surface area contributed by atoms with Gasteiger partial charge in [0.05, 0.1) is 11.1 Å². The van der Waals surface area contributed by atoms with E-state index < -0.39 is 4.92 Å². The fourth-order valence-electron chi connectivity index (χ4n) is 2.41. The Labute approximate surface area is 125 Å². The van der Waals surface area contributed by atoms with Crippen molar-refractivity contribution in [3.8, 4) is 0 Å². The highest BCUT2D eigenvalue weighted by Crippen LogP contribution is 2.22. The van der Waals surface area contributed by atoms with Crippen molar-refractivity contribution < 1.29 is 9.72 Å². The zero-order valence-corrected chi connectivity index (χ0v) is 11.6. The first-order valence-corrected chi connectivity index (χ1v) is 6.79. The van der Waals surface area contributed by atoms with Gasteiger partial charge >= 0.3 is 0 Å². The molecule has 2 N–H and O–H groups in total. The number of aromatic amines is 1. The van der Waals surface area contributed by atoms with Crippen LogP contribution in [0.15, 0.2) is 29.4 Å². The highest BCUT2D eigenvalue weighted by Gasteiger charge is 2.22. The smallest absolute Gasteiger partial charge is 0.281 e. The van der Waals surface area contributed by atoms with Crippen LogP contribution in [0.25, 0.3) is 0 Å². The van der Waals surface area contributed by atoms with Gasteiger partial charge in [-0.05, 0) is 37.0 Å². The number of aromatic nitrogens is 2. The maximum atomic E-state index is 12.0. The lowest BCUT2D eigenvalue weighted by molar-refractivity contribution is -0.384. The second-order valence-corrected chi connectivity index (χ2v) is 4.93. The monoisotopic (exact) mass is 299 g/mol. The van der Waals surface area contributed by atoms with Gasteiger partial charge in [-0.15, -0.1) is 0 Å². The number of nitrogens with one attached hydrogen (secondary N) is 2. The van der Waals surface area contributed by atoms with Gasteiger partial charge in [0.15, 0.2) is 5.69 Å². The van der Waals surface area contributed by atoms with E-state index in [1.807, 2.05) is 0 Å². The summed E-state index contributed by atoms with van der Waals surface area (Å²) in [7, 11) is 0. The van der Waals surface area contributed by atoms with Crippen molar-refractivity contribution in [1.82, 2.24) is 15.6 Å². The minimum Gasteiger partial charge on any atom is -0.281 e. The van der Waals surface area contributed by atoms with Crippen LogP contribution >= 0.6 is 0 Å². The van der Waals surface area contributed by atoms with Crippen LogP contribution in [-0.2, 0) is 12.8 Å². The van der Waals surface area contributed by atoms with Crippen LogP contribution in [0.5, 0.6) is 0 Å². The van der Waals surface area contributed by atoms with E-state index in [2.05, 4.69) is 20.7 Å². The standard InChI is InChI=1S/C14H13N5O3/c20-14(13-11-2-1-3-12(11)16-17-13)18-15-8-9-4-6-10(7-5-9)19(21)22/h4-8H,1-3H2,(H,16,17)(H,18,20). The summed E-state index contributed by atoms with van der Waals surface area (Å²) >= 11 is 0. The van der Waals surface area contributed by atoms with E-state index in [1.54, 1.807) is 12.1 Å². The van der Waals surface area contributed by atoms with E-state index in [4.69, 9.17) is 0 Å². The van der Waals surface area contributed by atoms with Crippen molar-refractivity contribution in [2.24, 2.45) is 5.10 Å². The number of aryl methyl sites for hydroxylation is 1. The summed E-state index contributed by atoms with van der Waals surface area (Å²) in [5, 5.41) is 21.3. The number of H-pyrrole nitrogens is 1. The average Bonchev–Trinajstić information content (AvgIpc) is 3.10. The van der Waals surface area contributed by atoms with E-state index >= 15 is 0 Å². The molecule has 0 saturated heterocycles. The van der Waals surface area contributed by atoms with Gasteiger partial charge in [0.2, 0.25) is 0 Å². The van der Waals surface area contributed by atoms with Crippen molar-refractivity contribution in [3.63, 3.8) is 0 Å². The minimum absolute atomic E-state index is 0.00766. The Morgan fingerprint density at radius 1 is 1.36 bits per heavy atom. The van der Waals surface area contributed by atoms with Gasteiger partial charge in [-0.1, -0.05) is 0 Å². The molecule has 0 atom stereocenters. The van der Waals surface area contributed by atoms with Crippen LogP contribution in [0.1, 0.15) is 33.7 Å². The molecule has 3 rings (SSSR count). The van der Waals surface area contributed by atoms with Gasteiger partial charge < -0.3 is 0 Å². The summed E-state index contributed by atoms with van der Waals surface area (Å²) in [5.41, 5.74) is 5.44. The van der Waals surface area contributed by atoms with Gasteiger partial charge in [0.25, 0.3) is 11.6 Å². The Morgan fingerprint density at radius 2 is 2.14 bits per heavy atom. The molecule has 8 heteroatoms. The topological polar surface area (TPSA) is 113 Å². The molecule has 0 saturated carbocycles. The molecule has 0 fully saturated rings. The Balaban J connectivity index is 1.64. The highest BCUT2D eigenvalue weighted by atomic mass is 16.6. The molecule has 1 aromatic carbocycles. The molecule has 8 nitrogen and oxygen atoms in total. The van der Waals surface area contributed by atoms with E-state index in [1.165, 1.54) is 18.3 Å². The molecular weight excluding hydrogens is 286 g/mol. The summed E-state index contributed by atoms with van der Waals surface area (Å²) in [6, 6.07) is 5.87. The van der Waals surface area contributed by atoms with Gasteiger partial charge in [0, 0.05) is 23.4 Å². The number of nitro groups is 1. The third-order valence-electron chi connectivity index (χ3n) is 3.51. The first-order valence-electron chi connectivity index (χ1n) is 6.79. The molecule has 112 valence electrons. The summed E-state index contributed by atoms with van der Waals surface area (Å²) in [6.45, 7) is 0. The van der Waals surface area contributed by atoms with Gasteiger partial charge in [0.1, 0.15) is 0 Å². The van der Waals surface area contributed by atoms with E-state index in [0.717, 1.165) is 30.5 Å². The number of hydrogen-bond acceptors (Lipinski definition) is 5.